The van der Waals surface area contributed by atoms with Gasteiger partial charge in [0.15, 0.2) is 0 Å². The molecule has 1 saturated heterocycles. The van der Waals surface area contributed by atoms with E-state index < -0.39 is 6.04 Å². The van der Waals surface area contributed by atoms with Gasteiger partial charge in [-0.2, -0.15) is 5.26 Å². The number of nitrogens with zero attached hydrogens (tertiary/aromatic N) is 2. The molecule has 136 valence electrons. The van der Waals surface area contributed by atoms with Gasteiger partial charge >= 0.3 is 0 Å². The summed E-state index contributed by atoms with van der Waals surface area (Å²) in [5.74, 6) is -1.24. The molecule has 0 radical (unpaired) electrons. The Morgan fingerprint density at radius 3 is 2.15 bits per heavy atom. The van der Waals surface area contributed by atoms with Crippen molar-refractivity contribution in [3.05, 3.63) is 35.4 Å². The number of carbonyl (C=O) groups is 3. The highest BCUT2D eigenvalue weighted by Crippen LogP contribution is 2.38. The van der Waals surface area contributed by atoms with E-state index >= 15 is 0 Å². The van der Waals surface area contributed by atoms with Gasteiger partial charge in [0.1, 0.15) is 6.04 Å². The number of hydrogen-bond donors (Lipinski definition) is 1. The Hall–Kier alpha value is -2.68. The van der Waals surface area contributed by atoms with Crippen LogP contribution in [-0.2, 0) is 14.4 Å². The Labute approximate surface area is 153 Å². The fourth-order valence-corrected chi connectivity index (χ4v) is 3.95. The van der Waals surface area contributed by atoms with Gasteiger partial charge in [-0.05, 0) is 44.4 Å². The lowest BCUT2D eigenvalue weighted by Crippen LogP contribution is -2.48. The van der Waals surface area contributed by atoms with Crippen molar-refractivity contribution < 1.29 is 14.4 Å². The number of nitrogens with one attached hydrogen (secondary N) is 1. The van der Waals surface area contributed by atoms with E-state index in [1.807, 2.05) is 6.92 Å². The zero-order chi connectivity index (χ0) is 18.8. The molecule has 6 heteroatoms. The van der Waals surface area contributed by atoms with Crippen LogP contribution >= 0.6 is 0 Å². The highest BCUT2D eigenvalue weighted by atomic mass is 16.2. The number of fused-ring (bicyclic) bond motifs is 1. The molecule has 1 aromatic rings. The summed E-state index contributed by atoms with van der Waals surface area (Å²) in [6.07, 6.45) is 3.40. The van der Waals surface area contributed by atoms with Gasteiger partial charge in [0.05, 0.1) is 29.5 Å². The summed E-state index contributed by atoms with van der Waals surface area (Å²) in [5, 5.41) is 11.7. The molecule has 1 heterocycles. The van der Waals surface area contributed by atoms with E-state index in [1.165, 1.54) is 4.90 Å². The van der Waals surface area contributed by atoms with Crippen LogP contribution in [0.3, 0.4) is 0 Å². The van der Waals surface area contributed by atoms with Crippen LogP contribution in [-0.4, -0.2) is 28.7 Å². The topological polar surface area (TPSA) is 90.3 Å². The molecular weight excluding hydrogens is 330 g/mol. The zero-order valence-corrected chi connectivity index (χ0v) is 15.1. The Morgan fingerprint density at radius 2 is 1.65 bits per heavy atom. The van der Waals surface area contributed by atoms with Gasteiger partial charge < -0.3 is 5.32 Å². The van der Waals surface area contributed by atoms with E-state index in [-0.39, 0.29) is 35.6 Å². The maximum absolute atomic E-state index is 12.6. The number of carbonyl (C=O) groups excluding carboxylic acids is 3. The van der Waals surface area contributed by atoms with Crippen LogP contribution in [0.1, 0.15) is 56.7 Å². The molecule has 2 aliphatic rings. The molecule has 0 spiro atoms. The molecule has 4 unspecified atom stereocenters. The Balaban J connectivity index is 1.68. The van der Waals surface area contributed by atoms with Crippen molar-refractivity contribution in [2.75, 3.05) is 0 Å². The van der Waals surface area contributed by atoms with E-state index in [0.29, 0.717) is 5.56 Å². The molecule has 1 aliphatic heterocycles. The van der Waals surface area contributed by atoms with Crippen molar-refractivity contribution in [1.29, 1.82) is 5.26 Å². The number of benzene rings is 1. The molecule has 0 bridgehead atoms. The van der Waals surface area contributed by atoms with Crippen LogP contribution in [0.25, 0.3) is 0 Å². The number of rotatable bonds is 4. The summed E-state index contributed by atoms with van der Waals surface area (Å²) in [5.41, 5.74) is 1.41. The van der Waals surface area contributed by atoms with Gasteiger partial charge in [-0.25, -0.2) is 0 Å². The maximum Gasteiger partial charge on any atom is 0.243 e. The summed E-state index contributed by atoms with van der Waals surface area (Å²) in [6, 6.07) is 7.91. The second kappa shape index (κ2) is 7.28. The predicted molar refractivity (Wildman–Crippen MR) is 94.5 cm³/mol. The summed E-state index contributed by atoms with van der Waals surface area (Å²) in [4.78, 5) is 39.0. The molecule has 3 rings (SSSR count). The Morgan fingerprint density at radius 1 is 1.12 bits per heavy atom. The normalized spacial score (nSPS) is 24.6. The van der Waals surface area contributed by atoms with E-state index in [0.717, 1.165) is 31.2 Å². The molecule has 1 N–H and O–H groups in total. The van der Waals surface area contributed by atoms with Gasteiger partial charge in [0.2, 0.25) is 17.7 Å². The fraction of sp³-hybridized carbons (Fsp3) is 0.500. The first-order valence-corrected chi connectivity index (χ1v) is 9.11. The molecule has 0 aromatic heterocycles. The third kappa shape index (κ3) is 3.22. The Bertz CT molecular complexity index is 742. The van der Waals surface area contributed by atoms with E-state index in [1.54, 1.807) is 31.2 Å². The van der Waals surface area contributed by atoms with E-state index in [9.17, 15) is 14.4 Å². The minimum absolute atomic E-state index is 0.201. The third-order valence-electron chi connectivity index (χ3n) is 5.54. The van der Waals surface area contributed by atoms with Crippen LogP contribution in [0.5, 0.6) is 0 Å². The highest BCUT2D eigenvalue weighted by Gasteiger charge is 2.50. The van der Waals surface area contributed by atoms with Crippen molar-refractivity contribution >= 4 is 17.7 Å². The first-order valence-electron chi connectivity index (χ1n) is 9.11. The predicted octanol–water partition coefficient (Wildman–Crippen LogP) is 2.30. The average molecular weight is 353 g/mol. The molecule has 26 heavy (non-hydrogen) atoms. The fourth-order valence-electron chi connectivity index (χ4n) is 3.95. The SMILES string of the molecule is CC(NC(=O)C(C)N1C(=O)C2CCCCC2C1=O)c1ccc(C#N)cc1. The van der Waals surface area contributed by atoms with Crippen molar-refractivity contribution in [2.45, 2.75) is 51.6 Å². The summed E-state index contributed by atoms with van der Waals surface area (Å²) >= 11 is 0. The molecule has 2 fully saturated rings. The summed E-state index contributed by atoms with van der Waals surface area (Å²) in [7, 11) is 0. The molecule has 3 amide bonds. The zero-order valence-electron chi connectivity index (χ0n) is 15.1. The second-order valence-electron chi connectivity index (χ2n) is 7.18. The van der Waals surface area contributed by atoms with Crippen molar-refractivity contribution in [2.24, 2.45) is 11.8 Å². The second-order valence-corrected chi connectivity index (χ2v) is 7.18. The minimum atomic E-state index is -0.818. The summed E-state index contributed by atoms with van der Waals surface area (Å²) < 4.78 is 0. The summed E-state index contributed by atoms with van der Waals surface area (Å²) in [6.45, 7) is 3.44. The largest absolute Gasteiger partial charge is 0.348 e. The van der Waals surface area contributed by atoms with E-state index in [4.69, 9.17) is 5.26 Å². The number of amides is 3. The number of hydrogen-bond acceptors (Lipinski definition) is 4. The van der Waals surface area contributed by atoms with Crippen LogP contribution in [0.15, 0.2) is 24.3 Å². The first kappa shape index (κ1) is 18.1. The lowest BCUT2D eigenvalue weighted by molar-refractivity contribution is -0.147. The van der Waals surface area contributed by atoms with Crippen molar-refractivity contribution in [3.63, 3.8) is 0 Å². The highest BCUT2D eigenvalue weighted by molar-refractivity contribution is 6.08. The van der Waals surface area contributed by atoms with Gasteiger partial charge in [-0.1, -0.05) is 25.0 Å². The van der Waals surface area contributed by atoms with Crippen LogP contribution in [0, 0.1) is 23.2 Å². The molecule has 4 atom stereocenters. The monoisotopic (exact) mass is 353 g/mol. The quantitative estimate of drug-likeness (QED) is 0.841. The maximum atomic E-state index is 12.6. The molecular formula is C20H23N3O3. The molecule has 6 nitrogen and oxygen atoms in total. The van der Waals surface area contributed by atoms with Crippen molar-refractivity contribution in [3.8, 4) is 6.07 Å². The van der Waals surface area contributed by atoms with Gasteiger partial charge in [-0.3, -0.25) is 19.3 Å². The van der Waals surface area contributed by atoms with Crippen LogP contribution in [0.2, 0.25) is 0 Å². The molecule has 1 saturated carbocycles. The first-order chi connectivity index (χ1) is 12.4. The number of likely N-dealkylation sites (tertiary alicyclic amines) is 1. The standard InChI is InChI=1S/C20H23N3O3/c1-12(15-9-7-14(11-21)8-10-15)22-18(24)13(2)23-19(25)16-5-3-4-6-17(16)20(23)26/h7-10,12-13,16-17H,3-6H2,1-2H3,(H,22,24). The van der Waals surface area contributed by atoms with E-state index in [2.05, 4.69) is 11.4 Å². The van der Waals surface area contributed by atoms with Gasteiger partial charge in [0.25, 0.3) is 0 Å². The lowest BCUT2D eigenvalue weighted by Gasteiger charge is -2.24. The minimum Gasteiger partial charge on any atom is -0.348 e. The smallest absolute Gasteiger partial charge is 0.243 e. The average Bonchev–Trinajstić information content (AvgIpc) is 2.92. The van der Waals surface area contributed by atoms with Gasteiger partial charge in [-0.15, -0.1) is 0 Å². The van der Waals surface area contributed by atoms with Crippen LogP contribution < -0.4 is 5.32 Å². The lowest BCUT2D eigenvalue weighted by atomic mass is 9.81. The molecule has 1 aromatic carbocycles. The Kier molecular flexibility index (Phi) is 5.08. The van der Waals surface area contributed by atoms with Crippen molar-refractivity contribution in [1.82, 2.24) is 10.2 Å². The molecule has 1 aliphatic carbocycles. The van der Waals surface area contributed by atoms with Crippen LogP contribution in [0.4, 0.5) is 0 Å². The number of imide groups is 1. The third-order valence-corrected chi connectivity index (χ3v) is 5.54. The van der Waals surface area contributed by atoms with Gasteiger partial charge in [0, 0.05) is 0 Å². The number of nitriles is 1.